The van der Waals surface area contributed by atoms with Gasteiger partial charge in [-0.05, 0) is 67.8 Å². The lowest BCUT2D eigenvalue weighted by atomic mass is 9.95. The number of aromatic nitrogens is 3. The van der Waals surface area contributed by atoms with Gasteiger partial charge in [0.2, 0.25) is 0 Å². The summed E-state index contributed by atoms with van der Waals surface area (Å²) in [6, 6.07) is 14.7. The highest BCUT2D eigenvalue weighted by Crippen LogP contribution is 2.49. The summed E-state index contributed by atoms with van der Waals surface area (Å²) in [5.41, 5.74) is 17.3. The minimum atomic E-state index is -0.638. The van der Waals surface area contributed by atoms with Gasteiger partial charge in [0.25, 0.3) is 11.8 Å². The van der Waals surface area contributed by atoms with Gasteiger partial charge >= 0.3 is 6.01 Å². The minimum Gasteiger partial charge on any atom is -0.423 e. The van der Waals surface area contributed by atoms with Crippen molar-refractivity contribution < 1.29 is 14.3 Å². The van der Waals surface area contributed by atoms with Gasteiger partial charge in [0.15, 0.2) is 0 Å². The van der Waals surface area contributed by atoms with Gasteiger partial charge in [-0.25, -0.2) is 15.0 Å². The molecule has 5 rings (SSSR count). The molecule has 208 valence electrons. The lowest BCUT2D eigenvalue weighted by Crippen LogP contribution is -2.11. The van der Waals surface area contributed by atoms with Crippen LogP contribution in [-0.2, 0) is 4.79 Å². The standard InChI is InChI=1S/C31H25N7O3S/c1-15(2)30(40)38-20-6-7-21(16(3)11-20)26-24(25-27(42-26)22(29(34)39)14-36-28(25)33)18-5-8-23(19(12-18)13-32)41-31-35-10-9-17(4)37-31/h5-12,14H,1H2,2-4H3,(H2,33,36)(H2,34,39)(H,38,40). The number of fused-ring (bicyclic) bond motifs is 1. The molecule has 0 fully saturated rings. The number of anilines is 2. The molecule has 0 aliphatic heterocycles. The van der Waals surface area contributed by atoms with E-state index in [-0.39, 0.29) is 34.6 Å². The molecular weight excluding hydrogens is 550 g/mol. The Labute approximate surface area is 245 Å². The number of amides is 2. The number of nitrogen functional groups attached to an aromatic ring is 1. The number of hydrogen-bond donors (Lipinski definition) is 3. The van der Waals surface area contributed by atoms with Crippen molar-refractivity contribution >= 4 is 44.7 Å². The highest BCUT2D eigenvalue weighted by molar-refractivity contribution is 7.23. The second-order valence-electron chi connectivity index (χ2n) is 9.60. The summed E-state index contributed by atoms with van der Waals surface area (Å²) in [4.78, 5) is 37.9. The van der Waals surface area contributed by atoms with E-state index in [1.54, 1.807) is 43.5 Å². The normalized spacial score (nSPS) is 10.7. The molecule has 0 unspecified atom stereocenters. The van der Waals surface area contributed by atoms with Crippen molar-refractivity contribution in [1.82, 2.24) is 15.0 Å². The zero-order valence-electron chi connectivity index (χ0n) is 23.0. The minimum absolute atomic E-state index is 0.120. The summed E-state index contributed by atoms with van der Waals surface area (Å²) in [6.07, 6.45) is 2.94. The number of rotatable bonds is 7. The van der Waals surface area contributed by atoms with Gasteiger partial charge in [0, 0.05) is 45.2 Å². The van der Waals surface area contributed by atoms with E-state index in [4.69, 9.17) is 16.2 Å². The van der Waals surface area contributed by atoms with E-state index in [0.717, 1.165) is 21.7 Å². The van der Waals surface area contributed by atoms with Crippen LogP contribution < -0.4 is 21.5 Å². The molecule has 0 saturated heterocycles. The van der Waals surface area contributed by atoms with Crippen LogP contribution >= 0.6 is 11.3 Å². The van der Waals surface area contributed by atoms with Gasteiger partial charge in [-0.3, -0.25) is 9.59 Å². The maximum absolute atomic E-state index is 12.4. The van der Waals surface area contributed by atoms with Crippen molar-refractivity contribution in [3.63, 3.8) is 0 Å². The number of nitrogens with zero attached hydrogens (tertiary/aromatic N) is 4. The molecule has 2 aromatic carbocycles. The monoisotopic (exact) mass is 575 g/mol. The van der Waals surface area contributed by atoms with Crippen LogP contribution in [0.1, 0.15) is 34.1 Å². The van der Waals surface area contributed by atoms with Crippen LogP contribution in [0, 0.1) is 25.2 Å². The number of thiophene rings is 1. The number of nitrogens with two attached hydrogens (primary N) is 2. The number of aryl methyl sites for hydroxylation is 2. The number of pyridine rings is 1. The Hall–Kier alpha value is -5.60. The fourth-order valence-electron chi connectivity index (χ4n) is 4.43. The molecule has 5 N–H and O–H groups in total. The van der Waals surface area contributed by atoms with E-state index in [2.05, 4.69) is 32.9 Å². The Morgan fingerprint density at radius 3 is 2.57 bits per heavy atom. The molecule has 0 atom stereocenters. The Balaban J connectivity index is 1.71. The summed E-state index contributed by atoms with van der Waals surface area (Å²) in [5.74, 6) is -0.425. The summed E-state index contributed by atoms with van der Waals surface area (Å²) in [7, 11) is 0. The maximum atomic E-state index is 12.4. The zero-order chi connectivity index (χ0) is 30.1. The van der Waals surface area contributed by atoms with E-state index in [9.17, 15) is 14.9 Å². The lowest BCUT2D eigenvalue weighted by Gasteiger charge is -2.13. The molecule has 3 heterocycles. The van der Waals surface area contributed by atoms with Gasteiger partial charge in [0.05, 0.1) is 15.8 Å². The first-order valence-corrected chi connectivity index (χ1v) is 13.5. The van der Waals surface area contributed by atoms with Crippen LogP contribution in [0.3, 0.4) is 0 Å². The lowest BCUT2D eigenvalue weighted by molar-refractivity contribution is -0.112. The second kappa shape index (κ2) is 11.1. The number of ether oxygens (including phenoxy) is 1. The number of carbonyl (C=O) groups excluding carboxylic acids is 2. The van der Waals surface area contributed by atoms with Crippen LogP contribution in [0.4, 0.5) is 11.5 Å². The number of hydrogen-bond acceptors (Lipinski definition) is 9. The second-order valence-corrected chi connectivity index (χ2v) is 10.6. The molecule has 10 nitrogen and oxygen atoms in total. The van der Waals surface area contributed by atoms with Gasteiger partial charge in [-0.15, -0.1) is 11.3 Å². The largest absolute Gasteiger partial charge is 0.423 e. The Morgan fingerprint density at radius 1 is 1.12 bits per heavy atom. The van der Waals surface area contributed by atoms with Crippen molar-refractivity contribution in [2.24, 2.45) is 5.73 Å². The molecule has 42 heavy (non-hydrogen) atoms. The van der Waals surface area contributed by atoms with Crippen molar-refractivity contribution in [2.75, 3.05) is 11.1 Å². The van der Waals surface area contributed by atoms with E-state index in [0.29, 0.717) is 32.5 Å². The highest BCUT2D eigenvalue weighted by Gasteiger charge is 2.24. The van der Waals surface area contributed by atoms with Gasteiger partial charge in [-0.2, -0.15) is 5.26 Å². The van der Waals surface area contributed by atoms with E-state index >= 15 is 0 Å². The van der Waals surface area contributed by atoms with Crippen molar-refractivity contribution in [2.45, 2.75) is 20.8 Å². The van der Waals surface area contributed by atoms with Crippen LogP contribution in [-0.4, -0.2) is 26.8 Å². The maximum Gasteiger partial charge on any atom is 0.322 e. The first-order valence-electron chi connectivity index (χ1n) is 12.7. The van der Waals surface area contributed by atoms with E-state index in [1.807, 2.05) is 26.0 Å². The average Bonchev–Trinajstić information content (AvgIpc) is 3.34. The summed E-state index contributed by atoms with van der Waals surface area (Å²) in [6.45, 7) is 9.04. The summed E-state index contributed by atoms with van der Waals surface area (Å²) < 4.78 is 6.40. The molecule has 5 aromatic rings. The third kappa shape index (κ3) is 5.26. The van der Waals surface area contributed by atoms with Gasteiger partial charge in [-0.1, -0.05) is 18.7 Å². The number of primary amides is 1. The third-order valence-corrected chi connectivity index (χ3v) is 7.74. The first-order chi connectivity index (χ1) is 20.1. The number of benzene rings is 2. The van der Waals surface area contributed by atoms with Crippen molar-refractivity contribution in [1.29, 1.82) is 5.26 Å². The number of carbonyl (C=O) groups is 2. The SMILES string of the molecule is C=C(C)C(=O)Nc1ccc(-c2sc3c(C(N)=O)cnc(N)c3c2-c2ccc(Oc3nccc(C)n3)c(C#N)c2)c(C)c1. The molecule has 0 spiro atoms. The Bertz CT molecular complexity index is 1970. The molecule has 0 aliphatic rings. The Morgan fingerprint density at radius 2 is 1.90 bits per heavy atom. The van der Waals surface area contributed by atoms with Crippen molar-refractivity contribution in [3.8, 4) is 39.4 Å². The van der Waals surface area contributed by atoms with Gasteiger partial charge < -0.3 is 21.5 Å². The molecule has 0 bridgehead atoms. The van der Waals surface area contributed by atoms with Crippen LogP contribution in [0.5, 0.6) is 11.8 Å². The first kappa shape index (κ1) is 27.9. The quantitative estimate of drug-likeness (QED) is 0.201. The van der Waals surface area contributed by atoms with Gasteiger partial charge in [0.1, 0.15) is 17.6 Å². The molecule has 0 aliphatic carbocycles. The topological polar surface area (TPSA) is 170 Å². The fraction of sp³-hybridized carbons (Fsp3) is 0.0968. The predicted octanol–water partition coefficient (Wildman–Crippen LogP) is 5.90. The van der Waals surface area contributed by atoms with Crippen LogP contribution in [0.25, 0.3) is 31.7 Å². The molecule has 2 amide bonds. The fourth-order valence-corrected chi connectivity index (χ4v) is 5.87. The highest BCUT2D eigenvalue weighted by atomic mass is 32.1. The number of nitrogens with one attached hydrogen (secondary N) is 1. The number of nitriles is 1. The van der Waals surface area contributed by atoms with Crippen molar-refractivity contribution in [3.05, 3.63) is 89.4 Å². The summed E-state index contributed by atoms with van der Waals surface area (Å²) >= 11 is 1.35. The predicted molar refractivity (Wildman–Crippen MR) is 163 cm³/mol. The molecule has 3 aromatic heterocycles. The zero-order valence-corrected chi connectivity index (χ0v) is 23.8. The van der Waals surface area contributed by atoms with E-state index < -0.39 is 5.91 Å². The molecule has 0 radical (unpaired) electrons. The van der Waals surface area contributed by atoms with E-state index in [1.165, 1.54) is 17.5 Å². The molecule has 0 saturated carbocycles. The summed E-state index contributed by atoms with van der Waals surface area (Å²) in [5, 5.41) is 13.4. The molecule has 11 heteroatoms. The smallest absolute Gasteiger partial charge is 0.322 e. The Kier molecular flexibility index (Phi) is 7.39. The molecular formula is C31H25N7O3S. The van der Waals surface area contributed by atoms with Crippen LogP contribution in [0.15, 0.2) is 67.0 Å². The third-order valence-electron chi connectivity index (χ3n) is 6.49. The average molecular weight is 576 g/mol. The van der Waals surface area contributed by atoms with Crippen LogP contribution in [0.2, 0.25) is 0 Å².